The number of alkyl halides is 1. The van der Waals surface area contributed by atoms with E-state index in [1.54, 1.807) is 6.20 Å². The van der Waals surface area contributed by atoms with Crippen molar-refractivity contribution < 1.29 is 13.7 Å². The number of fused-ring (bicyclic) bond motifs is 1. The first-order valence-corrected chi connectivity index (χ1v) is 9.28. The Morgan fingerprint density at radius 2 is 2.23 bits per heavy atom. The lowest BCUT2D eigenvalue weighted by Gasteiger charge is -2.23. The standard InChI is InChI=1S/C20H24FN3O2/c1-13-17(9-23-26-13)11-24-12-18(21)8-19(24)10-22-20(25)16-6-5-14-3-2-4-15(14)7-16/h5-7,9,18-19H,2-4,8,10-12H2,1H3,(H,22,25)/t18-,19-/m0/s1. The number of carbonyl (C=O) groups is 1. The minimum absolute atomic E-state index is 0.0160. The number of aromatic nitrogens is 1. The Hall–Kier alpha value is -2.21. The van der Waals surface area contributed by atoms with Crippen LogP contribution in [0.1, 0.15) is 45.7 Å². The van der Waals surface area contributed by atoms with E-state index in [1.165, 1.54) is 11.1 Å². The fourth-order valence-electron chi connectivity index (χ4n) is 4.04. The van der Waals surface area contributed by atoms with E-state index >= 15 is 0 Å². The van der Waals surface area contributed by atoms with Gasteiger partial charge in [-0.2, -0.15) is 0 Å². The summed E-state index contributed by atoms with van der Waals surface area (Å²) in [4.78, 5) is 14.6. The first-order chi connectivity index (χ1) is 12.6. The summed E-state index contributed by atoms with van der Waals surface area (Å²) in [5.74, 6) is 0.677. The van der Waals surface area contributed by atoms with Crippen LogP contribution in [0.4, 0.5) is 4.39 Å². The van der Waals surface area contributed by atoms with Crippen LogP contribution in [0.3, 0.4) is 0 Å². The minimum Gasteiger partial charge on any atom is -0.361 e. The fraction of sp³-hybridized carbons (Fsp3) is 0.500. The van der Waals surface area contributed by atoms with Gasteiger partial charge in [0.2, 0.25) is 0 Å². The van der Waals surface area contributed by atoms with E-state index in [0.717, 1.165) is 30.6 Å². The number of carbonyl (C=O) groups excluding carboxylic acids is 1. The Labute approximate surface area is 152 Å². The van der Waals surface area contributed by atoms with Crippen molar-refractivity contribution in [2.24, 2.45) is 0 Å². The van der Waals surface area contributed by atoms with Crippen LogP contribution >= 0.6 is 0 Å². The van der Waals surface area contributed by atoms with Crippen molar-refractivity contribution in [3.8, 4) is 0 Å². The van der Waals surface area contributed by atoms with Crippen LogP contribution in [0, 0.1) is 6.92 Å². The topological polar surface area (TPSA) is 58.4 Å². The number of benzene rings is 1. The summed E-state index contributed by atoms with van der Waals surface area (Å²) >= 11 is 0. The van der Waals surface area contributed by atoms with Crippen LogP contribution in [0.2, 0.25) is 0 Å². The van der Waals surface area contributed by atoms with Crippen LogP contribution in [0.5, 0.6) is 0 Å². The Bertz CT molecular complexity index is 804. The van der Waals surface area contributed by atoms with E-state index in [9.17, 15) is 9.18 Å². The lowest BCUT2D eigenvalue weighted by atomic mass is 10.1. The summed E-state index contributed by atoms with van der Waals surface area (Å²) in [7, 11) is 0. The maximum absolute atomic E-state index is 14.0. The second-order valence-corrected chi connectivity index (χ2v) is 7.37. The number of halogens is 1. The number of aryl methyl sites for hydroxylation is 3. The van der Waals surface area contributed by atoms with Gasteiger partial charge in [-0.05, 0) is 55.9 Å². The molecule has 1 N–H and O–H groups in total. The zero-order valence-electron chi connectivity index (χ0n) is 15.0. The maximum atomic E-state index is 14.0. The Balaban J connectivity index is 1.38. The molecule has 1 aromatic carbocycles. The fourth-order valence-corrected chi connectivity index (χ4v) is 4.04. The SMILES string of the molecule is Cc1oncc1CN1C[C@@H](F)C[C@H]1CNC(=O)c1ccc2c(c1)CCC2. The minimum atomic E-state index is -0.864. The molecule has 0 saturated carbocycles. The van der Waals surface area contributed by atoms with Crippen molar-refractivity contribution in [3.63, 3.8) is 0 Å². The monoisotopic (exact) mass is 357 g/mol. The summed E-state index contributed by atoms with van der Waals surface area (Å²) in [6.45, 7) is 3.27. The van der Waals surface area contributed by atoms with E-state index in [0.29, 0.717) is 31.6 Å². The number of nitrogens with one attached hydrogen (secondary N) is 1. The molecular formula is C20H24FN3O2. The third kappa shape index (κ3) is 3.51. The number of nitrogens with zero attached hydrogens (tertiary/aromatic N) is 2. The van der Waals surface area contributed by atoms with Gasteiger partial charge >= 0.3 is 0 Å². The lowest BCUT2D eigenvalue weighted by molar-refractivity contribution is 0.0939. The average molecular weight is 357 g/mol. The number of hydrogen-bond donors (Lipinski definition) is 1. The summed E-state index contributed by atoms with van der Waals surface area (Å²) < 4.78 is 19.0. The molecule has 138 valence electrons. The molecule has 2 aromatic rings. The van der Waals surface area contributed by atoms with E-state index in [1.807, 2.05) is 19.1 Å². The Kier molecular flexibility index (Phi) is 4.76. The number of hydrogen-bond acceptors (Lipinski definition) is 4. The summed E-state index contributed by atoms with van der Waals surface area (Å²) in [6.07, 6.45) is 4.58. The average Bonchev–Trinajstić information content (AvgIpc) is 3.33. The zero-order valence-corrected chi connectivity index (χ0v) is 15.0. The molecule has 4 rings (SSSR count). The molecule has 0 spiro atoms. The highest BCUT2D eigenvalue weighted by Gasteiger charge is 2.32. The molecule has 1 fully saturated rings. The third-order valence-corrected chi connectivity index (χ3v) is 5.56. The van der Waals surface area contributed by atoms with Gasteiger partial charge < -0.3 is 9.84 Å². The number of likely N-dealkylation sites (tertiary alicyclic amines) is 1. The molecule has 5 nitrogen and oxygen atoms in total. The molecular weight excluding hydrogens is 333 g/mol. The van der Waals surface area contributed by atoms with Crippen molar-refractivity contribution in [1.82, 2.24) is 15.4 Å². The first-order valence-electron chi connectivity index (χ1n) is 9.28. The van der Waals surface area contributed by atoms with Crippen LogP contribution in [0.25, 0.3) is 0 Å². The van der Waals surface area contributed by atoms with Crippen molar-refractivity contribution in [3.05, 3.63) is 52.4 Å². The predicted molar refractivity (Wildman–Crippen MR) is 95.8 cm³/mol. The molecule has 2 heterocycles. The highest BCUT2D eigenvalue weighted by atomic mass is 19.1. The van der Waals surface area contributed by atoms with Crippen LogP contribution in [-0.2, 0) is 19.4 Å². The van der Waals surface area contributed by atoms with Gasteiger partial charge in [0.15, 0.2) is 0 Å². The molecule has 0 bridgehead atoms. The Morgan fingerprint density at radius 3 is 3.04 bits per heavy atom. The number of amides is 1. The zero-order chi connectivity index (χ0) is 18.1. The predicted octanol–water partition coefficient (Wildman–Crippen LogP) is 2.81. The van der Waals surface area contributed by atoms with Gasteiger partial charge in [0, 0.05) is 36.8 Å². The van der Waals surface area contributed by atoms with E-state index in [4.69, 9.17) is 4.52 Å². The molecule has 1 aliphatic carbocycles. The largest absolute Gasteiger partial charge is 0.361 e. The molecule has 1 aromatic heterocycles. The van der Waals surface area contributed by atoms with Crippen molar-refractivity contribution in [2.75, 3.05) is 13.1 Å². The van der Waals surface area contributed by atoms with Crippen LogP contribution < -0.4 is 5.32 Å². The smallest absolute Gasteiger partial charge is 0.251 e. The molecule has 0 unspecified atom stereocenters. The van der Waals surface area contributed by atoms with Gasteiger partial charge in [0.25, 0.3) is 5.91 Å². The third-order valence-electron chi connectivity index (χ3n) is 5.56. The molecule has 1 saturated heterocycles. The van der Waals surface area contributed by atoms with Crippen LogP contribution in [-0.4, -0.2) is 41.3 Å². The Morgan fingerprint density at radius 1 is 1.38 bits per heavy atom. The van der Waals surface area contributed by atoms with Gasteiger partial charge in [0.1, 0.15) is 11.9 Å². The van der Waals surface area contributed by atoms with Crippen LogP contribution in [0.15, 0.2) is 28.9 Å². The van der Waals surface area contributed by atoms with Crippen molar-refractivity contribution in [1.29, 1.82) is 0 Å². The van der Waals surface area contributed by atoms with E-state index in [-0.39, 0.29) is 11.9 Å². The normalized spacial score (nSPS) is 22.5. The molecule has 2 aliphatic rings. The van der Waals surface area contributed by atoms with Crippen molar-refractivity contribution in [2.45, 2.75) is 51.4 Å². The molecule has 1 aliphatic heterocycles. The van der Waals surface area contributed by atoms with Gasteiger partial charge in [-0.3, -0.25) is 9.69 Å². The highest BCUT2D eigenvalue weighted by Crippen LogP contribution is 2.24. The first kappa shape index (κ1) is 17.2. The second-order valence-electron chi connectivity index (χ2n) is 7.37. The summed E-state index contributed by atoms with van der Waals surface area (Å²) in [5.41, 5.74) is 4.30. The highest BCUT2D eigenvalue weighted by molar-refractivity contribution is 5.94. The van der Waals surface area contributed by atoms with Gasteiger partial charge in [-0.1, -0.05) is 11.2 Å². The number of rotatable bonds is 5. The van der Waals surface area contributed by atoms with Crippen molar-refractivity contribution >= 4 is 5.91 Å². The molecule has 1 amide bonds. The maximum Gasteiger partial charge on any atom is 0.251 e. The summed E-state index contributed by atoms with van der Waals surface area (Å²) in [5, 5.41) is 6.78. The summed E-state index contributed by atoms with van der Waals surface area (Å²) in [6, 6.07) is 5.94. The second kappa shape index (κ2) is 7.19. The van der Waals surface area contributed by atoms with E-state index < -0.39 is 6.17 Å². The van der Waals surface area contributed by atoms with Gasteiger partial charge in [0.05, 0.1) is 6.20 Å². The van der Waals surface area contributed by atoms with Gasteiger partial charge in [-0.15, -0.1) is 0 Å². The lowest BCUT2D eigenvalue weighted by Crippen LogP contribution is -2.39. The molecule has 26 heavy (non-hydrogen) atoms. The molecule has 2 atom stereocenters. The molecule has 6 heteroatoms. The molecule has 0 radical (unpaired) electrons. The van der Waals surface area contributed by atoms with Gasteiger partial charge in [-0.25, -0.2) is 4.39 Å². The van der Waals surface area contributed by atoms with E-state index in [2.05, 4.69) is 21.4 Å². The quantitative estimate of drug-likeness (QED) is 0.894.